The summed E-state index contributed by atoms with van der Waals surface area (Å²) in [6.07, 6.45) is 3.65. The second kappa shape index (κ2) is 15.0. The second-order valence-corrected chi connectivity index (χ2v) is 11.5. The number of anilines is 2. The largest absolute Gasteiger partial charge is 0.416 e. The van der Waals surface area contributed by atoms with Crippen molar-refractivity contribution in [3.8, 4) is 11.3 Å². The van der Waals surface area contributed by atoms with Crippen LogP contribution in [0.5, 0.6) is 0 Å². The summed E-state index contributed by atoms with van der Waals surface area (Å²) >= 11 is 0. The third-order valence-electron chi connectivity index (χ3n) is 8.04. The zero-order chi connectivity index (χ0) is 34.3. The molecule has 8 nitrogen and oxygen atoms in total. The second-order valence-electron chi connectivity index (χ2n) is 11.5. The molecule has 0 atom stereocenters. The standard InChI is InChI=1S/C37H36F3N5O3/c1-3-17-44(2)36(48)28-11-8-10-26(21-28)35(47)43-32-14-13-30(45-18-5-4-6-19-45)23-31(32)33-22-27(15-16-41-33)34(46)42-24-25-9-7-12-29(20-25)37(38,39)40/h3,7-17,20-23H,4-6,18-19,24H2,1-2H3,(H,42,46)(H,43,47)/b17-3+. The molecule has 11 heteroatoms. The SMILES string of the molecule is C/C=C/N(C)C(=O)c1cccc(C(=O)Nc2ccc(N3CCCCC3)cc2-c2cc(C(=O)NCc3cccc(C(F)(F)F)c3)ccn2)c1. The van der Waals surface area contributed by atoms with E-state index in [1.54, 1.807) is 56.6 Å². The highest BCUT2D eigenvalue weighted by Gasteiger charge is 2.30. The number of allylic oxidation sites excluding steroid dienone is 1. The minimum Gasteiger partial charge on any atom is -0.372 e. The van der Waals surface area contributed by atoms with Crippen LogP contribution in [0.4, 0.5) is 24.5 Å². The van der Waals surface area contributed by atoms with Gasteiger partial charge in [0.2, 0.25) is 0 Å². The zero-order valence-corrected chi connectivity index (χ0v) is 26.7. The lowest BCUT2D eigenvalue weighted by molar-refractivity contribution is -0.137. The maximum atomic E-state index is 13.5. The van der Waals surface area contributed by atoms with E-state index in [9.17, 15) is 27.6 Å². The fourth-order valence-electron chi connectivity index (χ4n) is 5.55. The van der Waals surface area contributed by atoms with Crippen LogP contribution in [0.1, 0.15) is 68.4 Å². The maximum absolute atomic E-state index is 13.5. The van der Waals surface area contributed by atoms with E-state index in [2.05, 4.69) is 20.5 Å². The van der Waals surface area contributed by atoms with Crippen molar-refractivity contribution in [3.05, 3.63) is 125 Å². The van der Waals surface area contributed by atoms with Crippen molar-refractivity contribution in [3.63, 3.8) is 0 Å². The summed E-state index contributed by atoms with van der Waals surface area (Å²) < 4.78 is 39.5. The van der Waals surface area contributed by atoms with Gasteiger partial charge in [0.15, 0.2) is 0 Å². The molecule has 0 aliphatic carbocycles. The molecule has 0 spiro atoms. The number of rotatable bonds is 9. The van der Waals surface area contributed by atoms with Gasteiger partial charge in [-0.3, -0.25) is 19.4 Å². The van der Waals surface area contributed by atoms with Crippen molar-refractivity contribution >= 4 is 29.1 Å². The number of alkyl halides is 3. The smallest absolute Gasteiger partial charge is 0.372 e. The van der Waals surface area contributed by atoms with Gasteiger partial charge in [-0.05, 0) is 92.4 Å². The van der Waals surface area contributed by atoms with Crippen LogP contribution in [0.2, 0.25) is 0 Å². The zero-order valence-electron chi connectivity index (χ0n) is 26.7. The van der Waals surface area contributed by atoms with Crippen molar-refractivity contribution in [1.29, 1.82) is 0 Å². The number of benzene rings is 3. The Kier molecular flexibility index (Phi) is 10.6. The first-order valence-electron chi connectivity index (χ1n) is 15.6. The van der Waals surface area contributed by atoms with Crippen molar-refractivity contribution in [2.45, 2.75) is 38.9 Å². The Labute approximate surface area is 277 Å². The minimum absolute atomic E-state index is 0.0990. The summed E-state index contributed by atoms with van der Waals surface area (Å²) in [5.74, 6) is -1.18. The molecule has 2 heterocycles. The lowest BCUT2D eigenvalue weighted by atomic mass is 10.0. The molecule has 1 aromatic heterocycles. The first-order chi connectivity index (χ1) is 23.0. The number of hydrogen-bond donors (Lipinski definition) is 2. The van der Waals surface area contributed by atoms with Gasteiger partial charge in [0.1, 0.15) is 0 Å². The van der Waals surface area contributed by atoms with Gasteiger partial charge in [-0.2, -0.15) is 13.2 Å². The Morgan fingerprint density at radius 2 is 1.60 bits per heavy atom. The van der Waals surface area contributed by atoms with E-state index in [1.807, 2.05) is 12.1 Å². The molecule has 0 unspecified atom stereocenters. The van der Waals surface area contributed by atoms with E-state index in [4.69, 9.17) is 0 Å². The number of piperidine rings is 1. The van der Waals surface area contributed by atoms with Gasteiger partial charge in [-0.15, -0.1) is 0 Å². The highest BCUT2D eigenvalue weighted by molar-refractivity contribution is 6.08. The molecule has 1 aliphatic rings. The molecule has 3 aromatic carbocycles. The number of aromatic nitrogens is 1. The van der Waals surface area contributed by atoms with Crippen LogP contribution in [0.3, 0.4) is 0 Å². The topological polar surface area (TPSA) is 94.6 Å². The van der Waals surface area contributed by atoms with Crippen LogP contribution >= 0.6 is 0 Å². The number of pyridine rings is 1. The van der Waals surface area contributed by atoms with E-state index >= 15 is 0 Å². The molecule has 0 saturated carbocycles. The van der Waals surface area contributed by atoms with Gasteiger partial charge in [0.05, 0.1) is 16.9 Å². The van der Waals surface area contributed by atoms with Crippen LogP contribution in [0, 0.1) is 0 Å². The minimum atomic E-state index is -4.49. The van der Waals surface area contributed by atoms with Crippen molar-refractivity contribution < 1.29 is 27.6 Å². The Balaban J connectivity index is 1.42. The summed E-state index contributed by atoms with van der Waals surface area (Å²) in [5, 5.41) is 5.65. The number of hydrogen-bond acceptors (Lipinski definition) is 5. The summed E-state index contributed by atoms with van der Waals surface area (Å²) in [6, 6.07) is 20.0. The van der Waals surface area contributed by atoms with Crippen LogP contribution in [0.15, 0.2) is 97.3 Å². The van der Waals surface area contributed by atoms with E-state index in [-0.39, 0.29) is 23.6 Å². The molecule has 2 N–H and O–H groups in total. The number of nitrogens with one attached hydrogen (secondary N) is 2. The molecule has 1 aliphatic heterocycles. The van der Waals surface area contributed by atoms with E-state index in [1.165, 1.54) is 35.4 Å². The number of halogens is 3. The molecule has 4 aromatic rings. The molecule has 1 saturated heterocycles. The highest BCUT2D eigenvalue weighted by Crippen LogP contribution is 2.33. The molecule has 248 valence electrons. The number of carbonyl (C=O) groups is 3. The van der Waals surface area contributed by atoms with E-state index in [0.717, 1.165) is 50.2 Å². The number of carbonyl (C=O) groups excluding carboxylic acids is 3. The molecule has 48 heavy (non-hydrogen) atoms. The van der Waals surface area contributed by atoms with Gasteiger partial charge >= 0.3 is 6.18 Å². The Bertz CT molecular complexity index is 1830. The molecule has 0 bridgehead atoms. The predicted molar refractivity (Wildman–Crippen MR) is 180 cm³/mol. The predicted octanol–water partition coefficient (Wildman–Crippen LogP) is 7.55. The van der Waals surface area contributed by atoms with Crippen LogP contribution in [0.25, 0.3) is 11.3 Å². The van der Waals surface area contributed by atoms with Gasteiger partial charge in [-0.25, -0.2) is 0 Å². The highest BCUT2D eigenvalue weighted by atomic mass is 19.4. The van der Waals surface area contributed by atoms with Gasteiger partial charge in [-0.1, -0.05) is 24.3 Å². The molecule has 5 rings (SSSR count). The average Bonchev–Trinajstić information content (AvgIpc) is 3.10. The Hall–Kier alpha value is -5.45. The van der Waals surface area contributed by atoms with Crippen molar-refractivity contribution in [2.75, 3.05) is 30.4 Å². The molecule has 3 amide bonds. The third-order valence-corrected chi connectivity index (χ3v) is 8.04. The molecule has 1 fully saturated rings. The molecule has 0 radical (unpaired) electrons. The average molecular weight is 656 g/mol. The quantitative estimate of drug-likeness (QED) is 0.194. The fourth-order valence-corrected chi connectivity index (χ4v) is 5.55. The van der Waals surface area contributed by atoms with Crippen LogP contribution in [-0.2, 0) is 12.7 Å². The molecular formula is C37H36F3N5O3. The Morgan fingerprint density at radius 3 is 2.35 bits per heavy atom. The van der Waals surface area contributed by atoms with Gasteiger partial charge in [0.25, 0.3) is 17.7 Å². The first-order valence-corrected chi connectivity index (χ1v) is 15.6. The van der Waals surface area contributed by atoms with Crippen LogP contribution in [-0.4, -0.2) is 47.7 Å². The van der Waals surface area contributed by atoms with Gasteiger partial charge in [0, 0.05) is 67.0 Å². The third kappa shape index (κ3) is 8.28. The number of nitrogens with zero attached hydrogens (tertiary/aromatic N) is 3. The van der Waals surface area contributed by atoms with Gasteiger partial charge < -0.3 is 20.4 Å². The molecular weight excluding hydrogens is 619 g/mol. The monoisotopic (exact) mass is 655 g/mol. The summed E-state index contributed by atoms with van der Waals surface area (Å²) in [6.45, 7) is 3.48. The normalized spacial score (nSPS) is 13.3. The van der Waals surface area contributed by atoms with Crippen molar-refractivity contribution in [2.24, 2.45) is 0 Å². The maximum Gasteiger partial charge on any atom is 0.416 e. The summed E-state index contributed by atoms with van der Waals surface area (Å²) in [7, 11) is 1.64. The lowest BCUT2D eigenvalue weighted by Gasteiger charge is -2.29. The van der Waals surface area contributed by atoms with Crippen LogP contribution < -0.4 is 15.5 Å². The van der Waals surface area contributed by atoms with E-state index < -0.39 is 23.6 Å². The lowest BCUT2D eigenvalue weighted by Crippen LogP contribution is -2.29. The first kappa shape index (κ1) is 33.9. The van der Waals surface area contributed by atoms with E-state index in [0.29, 0.717) is 28.1 Å². The number of amides is 3. The van der Waals surface area contributed by atoms with Crippen molar-refractivity contribution in [1.82, 2.24) is 15.2 Å². The summed E-state index contributed by atoms with van der Waals surface area (Å²) in [4.78, 5) is 47.7. The fraction of sp³-hybridized carbons (Fsp3) is 0.243. The summed E-state index contributed by atoms with van der Waals surface area (Å²) in [5.41, 5.74) is 2.83. The Morgan fingerprint density at radius 1 is 0.875 bits per heavy atom.